The summed E-state index contributed by atoms with van der Waals surface area (Å²) in [4.78, 5) is 19.2. The molecule has 1 atom stereocenters. The van der Waals surface area contributed by atoms with Gasteiger partial charge in [-0.25, -0.2) is 4.98 Å². The average Bonchev–Trinajstić information content (AvgIpc) is 2.89. The number of fused-ring (bicyclic) bond motifs is 4. The number of pyridine rings is 1. The normalized spacial score (nSPS) is 28.0. The van der Waals surface area contributed by atoms with E-state index in [0.29, 0.717) is 11.6 Å². The second kappa shape index (κ2) is 4.84. The number of rotatable bonds is 2. The Morgan fingerprint density at radius 2 is 2.19 bits per heavy atom. The standard InChI is InChI=1S/C16H20N4O/c1-19-5-2-12-8-13(17-9-15(12)19)16(21)18-14-10-20-6-3-11(14)4-7-20/h2,5,8-9,11,14H,3-4,6-7,10H2,1H3,(H,18,21)/t14-/m0/s1. The van der Waals surface area contributed by atoms with Crippen LogP contribution in [0, 0.1) is 5.92 Å². The molecule has 2 bridgehead atoms. The van der Waals surface area contributed by atoms with Crippen molar-refractivity contribution in [3.8, 4) is 0 Å². The van der Waals surface area contributed by atoms with Crippen LogP contribution >= 0.6 is 0 Å². The maximum atomic E-state index is 12.4. The quantitative estimate of drug-likeness (QED) is 0.907. The zero-order chi connectivity index (χ0) is 14.4. The van der Waals surface area contributed by atoms with Gasteiger partial charge in [0.25, 0.3) is 5.91 Å². The van der Waals surface area contributed by atoms with Crippen LogP contribution in [0.2, 0.25) is 0 Å². The summed E-state index contributed by atoms with van der Waals surface area (Å²) in [5.74, 6) is 0.596. The first-order valence-electron chi connectivity index (χ1n) is 7.65. The van der Waals surface area contributed by atoms with Crippen molar-refractivity contribution in [1.29, 1.82) is 0 Å². The van der Waals surface area contributed by atoms with Crippen LogP contribution in [0.5, 0.6) is 0 Å². The van der Waals surface area contributed by atoms with Crippen molar-refractivity contribution in [3.63, 3.8) is 0 Å². The van der Waals surface area contributed by atoms with Gasteiger partial charge in [0.05, 0.1) is 11.7 Å². The van der Waals surface area contributed by atoms with Crippen LogP contribution in [0.4, 0.5) is 0 Å². The molecule has 0 aromatic carbocycles. The van der Waals surface area contributed by atoms with E-state index in [1.807, 2.05) is 29.9 Å². The maximum Gasteiger partial charge on any atom is 0.270 e. The summed E-state index contributed by atoms with van der Waals surface area (Å²) >= 11 is 0. The zero-order valence-electron chi connectivity index (χ0n) is 12.2. The topological polar surface area (TPSA) is 50.2 Å². The van der Waals surface area contributed by atoms with Gasteiger partial charge in [0.1, 0.15) is 5.69 Å². The fourth-order valence-corrected chi connectivity index (χ4v) is 3.66. The van der Waals surface area contributed by atoms with Crippen LogP contribution in [-0.2, 0) is 7.05 Å². The van der Waals surface area contributed by atoms with Crippen molar-refractivity contribution >= 4 is 16.8 Å². The number of aryl methyl sites for hydroxylation is 1. The van der Waals surface area contributed by atoms with Gasteiger partial charge < -0.3 is 14.8 Å². The first-order chi connectivity index (χ1) is 10.2. The van der Waals surface area contributed by atoms with Crippen LogP contribution in [0.25, 0.3) is 10.9 Å². The molecule has 110 valence electrons. The Labute approximate surface area is 123 Å². The highest BCUT2D eigenvalue weighted by Gasteiger charge is 2.35. The second-order valence-corrected chi connectivity index (χ2v) is 6.27. The van der Waals surface area contributed by atoms with E-state index in [9.17, 15) is 4.79 Å². The van der Waals surface area contributed by atoms with E-state index >= 15 is 0 Å². The highest BCUT2D eigenvalue weighted by Crippen LogP contribution is 2.27. The summed E-state index contributed by atoms with van der Waals surface area (Å²) in [6.45, 7) is 3.36. The van der Waals surface area contributed by atoms with Gasteiger partial charge in [0.2, 0.25) is 0 Å². The number of nitrogens with zero attached hydrogens (tertiary/aromatic N) is 3. The lowest BCUT2D eigenvalue weighted by molar-refractivity contribution is 0.0618. The molecule has 1 N–H and O–H groups in total. The summed E-state index contributed by atoms with van der Waals surface area (Å²) in [6.07, 6.45) is 6.17. The molecule has 3 aliphatic rings. The third-order valence-corrected chi connectivity index (χ3v) is 4.98. The first kappa shape index (κ1) is 12.8. The van der Waals surface area contributed by atoms with Gasteiger partial charge in [0, 0.05) is 31.2 Å². The van der Waals surface area contributed by atoms with Gasteiger partial charge in [-0.05, 0) is 44.0 Å². The van der Waals surface area contributed by atoms with Gasteiger partial charge >= 0.3 is 0 Å². The number of hydrogen-bond acceptors (Lipinski definition) is 3. The highest BCUT2D eigenvalue weighted by atomic mass is 16.1. The van der Waals surface area contributed by atoms with E-state index in [1.165, 1.54) is 25.9 Å². The Morgan fingerprint density at radius 1 is 1.38 bits per heavy atom. The van der Waals surface area contributed by atoms with Gasteiger partial charge in [-0.1, -0.05) is 0 Å². The molecule has 0 aliphatic carbocycles. The first-order valence-corrected chi connectivity index (χ1v) is 7.65. The van der Waals surface area contributed by atoms with E-state index in [1.54, 1.807) is 6.20 Å². The van der Waals surface area contributed by atoms with Crippen molar-refractivity contribution in [2.75, 3.05) is 19.6 Å². The second-order valence-electron chi connectivity index (χ2n) is 6.27. The number of hydrogen-bond donors (Lipinski definition) is 1. The predicted molar refractivity (Wildman–Crippen MR) is 81.1 cm³/mol. The molecule has 2 aromatic heterocycles. The monoisotopic (exact) mass is 284 g/mol. The Bertz CT molecular complexity index is 685. The summed E-state index contributed by atoms with van der Waals surface area (Å²) in [6, 6.07) is 4.18. The minimum atomic E-state index is -0.0421. The molecule has 3 saturated heterocycles. The molecule has 2 aromatic rings. The number of carbonyl (C=O) groups is 1. The van der Waals surface area contributed by atoms with E-state index in [2.05, 4.69) is 15.2 Å². The zero-order valence-corrected chi connectivity index (χ0v) is 12.2. The van der Waals surface area contributed by atoms with Crippen LogP contribution < -0.4 is 5.32 Å². The molecule has 0 unspecified atom stereocenters. The summed E-state index contributed by atoms with van der Waals surface area (Å²) < 4.78 is 2.01. The third kappa shape index (κ3) is 2.21. The van der Waals surface area contributed by atoms with Crippen molar-refractivity contribution < 1.29 is 4.79 Å². The van der Waals surface area contributed by atoms with E-state index < -0.39 is 0 Å². The fraction of sp³-hybridized carbons (Fsp3) is 0.500. The van der Waals surface area contributed by atoms with Crippen molar-refractivity contribution in [3.05, 3.63) is 30.2 Å². The largest absolute Gasteiger partial charge is 0.349 e. The van der Waals surface area contributed by atoms with E-state index in [4.69, 9.17) is 0 Å². The van der Waals surface area contributed by atoms with E-state index in [-0.39, 0.29) is 11.9 Å². The molecule has 0 radical (unpaired) electrons. The Morgan fingerprint density at radius 3 is 2.90 bits per heavy atom. The lowest BCUT2D eigenvalue weighted by atomic mass is 9.84. The Balaban J connectivity index is 1.53. The number of nitrogens with one attached hydrogen (secondary N) is 1. The molecule has 21 heavy (non-hydrogen) atoms. The summed E-state index contributed by atoms with van der Waals surface area (Å²) in [5, 5.41) is 4.25. The summed E-state index contributed by atoms with van der Waals surface area (Å²) in [5.41, 5.74) is 1.57. The van der Waals surface area contributed by atoms with E-state index in [0.717, 1.165) is 17.4 Å². The van der Waals surface area contributed by atoms with Crippen LogP contribution in [0.3, 0.4) is 0 Å². The number of amides is 1. The van der Waals surface area contributed by atoms with Crippen molar-refractivity contribution in [1.82, 2.24) is 19.8 Å². The molecule has 0 saturated carbocycles. The molecular formula is C16H20N4O. The fourth-order valence-electron chi connectivity index (χ4n) is 3.66. The smallest absolute Gasteiger partial charge is 0.270 e. The molecule has 3 aliphatic heterocycles. The van der Waals surface area contributed by atoms with Crippen LogP contribution in [0.15, 0.2) is 24.5 Å². The molecular weight excluding hydrogens is 264 g/mol. The molecule has 5 heterocycles. The highest BCUT2D eigenvalue weighted by molar-refractivity contribution is 5.96. The molecule has 1 amide bonds. The Kier molecular flexibility index (Phi) is 2.96. The van der Waals surface area contributed by atoms with Crippen LogP contribution in [0.1, 0.15) is 23.3 Å². The van der Waals surface area contributed by atoms with Gasteiger partial charge in [-0.2, -0.15) is 0 Å². The average molecular weight is 284 g/mol. The number of aromatic nitrogens is 2. The van der Waals surface area contributed by atoms with Crippen molar-refractivity contribution in [2.45, 2.75) is 18.9 Å². The van der Waals surface area contributed by atoms with Crippen LogP contribution in [-0.4, -0.2) is 46.0 Å². The summed E-state index contributed by atoms with van der Waals surface area (Å²) in [7, 11) is 1.98. The lowest BCUT2D eigenvalue weighted by Crippen LogP contribution is -2.57. The van der Waals surface area contributed by atoms with Gasteiger partial charge in [0.15, 0.2) is 0 Å². The molecule has 3 fully saturated rings. The van der Waals surface area contributed by atoms with Gasteiger partial charge in [-0.15, -0.1) is 0 Å². The maximum absolute atomic E-state index is 12.4. The van der Waals surface area contributed by atoms with Crippen molar-refractivity contribution in [2.24, 2.45) is 13.0 Å². The Hall–Kier alpha value is -1.88. The third-order valence-electron chi connectivity index (χ3n) is 4.98. The minimum absolute atomic E-state index is 0.0421. The number of piperidine rings is 3. The SMILES string of the molecule is Cn1ccc2cc(C(=O)N[C@H]3CN4CCC3CC4)ncc21. The molecule has 5 nitrogen and oxygen atoms in total. The predicted octanol–water partition coefficient (Wildman–Crippen LogP) is 1.40. The van der Waals surface area contributed by atoms with Gasteiger partial charge in [-0.3, -0.25) is 4.79 Å². The number of carbonyl (C=O) groups excluding carboxylic acids is 1. The lowest BCUT2D eigenvalue weighted by Gasteiger charge is -2.44. The molecule has 5 rings (SSSR count). The molecule has 5 heteroatoms. The minimum Gasteiger partial charge on any atom is -0.349 e. The molecule has 0 spiro atoms.